The molecule has 2 N–H and O–H groups in total. The zero-order valence-electron chi connectivity index (χ0n) is 6.03. The molecule has 2 heterocycles. The Balaban J connectivity index is 2.92. The Hall–Kier alpha value is -1.16. The van der Waals surface area contributed by atoms with Crippen LogP contribution in [0, 0.1) is 6.92 Å². The molecule has 0 aromatic carbocycles. The third-order valence-electron chi connectivity index (χ3n) is 1.55. The summed E-state index contributed by atoms with van der Waals surface area (Å²) < 4.78 is 0. The molecule has 0 saturated heterocycles. The molecule has 11 heavy (non-hydrogen) atoms. The average Bonchev–Trinajstić information content (AvgIpc) is 2.30. The minimum absolute atomic E-state index is 0.762. The van der Waals surface area contributed by atoms with Crippen molar-refractivity contribution in [1.29, 1.82) is 0 Å². The summed E-state index contributed by atoms with van der Waals surface area (Å²) >= 11 is 1.58. The van der Waals surface area contributed by atoms with Crippen LogP contribution in [0.25, 0.3) is 10.3 Å². The van der Waals surface area contributed by atoms with Crippen molar-refractivity contribution in [2.45, 2.75) is 6.92 Å². The standard InChI is InChI=1S/C7H7N3S/c1-4-5(8)6-7(11-4)10-3-2-9-6/h2-3H,8H2,1H3. The van der Waals surface area contributed by atoms with E-state index in [1.54, 1.807) is 23.7 Å². The van der Waals surface area contributed by atoms with Crippen LogP contribution in [0.5, 0.6) is 0 Å². The van der Waals surface area contributed by atoms with E-state index in [0.717, 1.165) is 20.9 Å². The van der Waals surface area contributed by atoms with Gasteiger partial charge in [-0.15, -0.1) is 11.3 Å². The number of nitrogens with zero attached hydrogens (tertiary/aromatic N) is 2. The number of nitrogens with two attached hydrogens (primary N) is 1. The second-order valence-corrected chi connectivity index (χ2v) is 3.49. The molecule has 0 radical (unpaired) electrons. The summed E-state index contributed by atoms with van der Waals surface area (Å²) in [7, 11) is 0. The molecular weight excluding hydrogens is 158 g/mol. The molecule has 4 heteroatoms. The smallest absolute Gasteiger partial charge is 0.144 e. The fourth-order valence-corrected chi connectivity index (χ4v) is 1.82. The molecule has 0 amide bonds. The minimum atomic E-state index is 0.762. The van der Waals surface area contributed by atoms with E-state index in [0.29, 0.717) is 0 Å². The Morgan fingerprint density at radius 2 is 2.09 bits per heavy atom. The highest BCUT2D eigenvalue weighted by atomic mass is 32.1. The molecule has 2 rings (SSSR count). The van der Waals surface area contributed by atoms with Gasteiger partial charge in [-0.25, -0.2) is 9.97 Å². The largest absolute Gasteiger partial charge is 0.396 e. The summed E-state index contributed by atoms with van der Waals surface area (Å²) in [5.41, 5.74) is 7.34. The maximum Gasteiger partial charge on any atom is 0.144 e. The van der Waals surface area contributed by atoms with Gasteiger partial charge in [0.15, 0.2) is 0 Å². The second kappa shape index (κ2) is 2.17. The molecule has 0 aliphatic heterocycles. The number of aryl methyl sites for hydroxylation is 1. The van der Waals surface area contributed by atoms with Gasteiger partial charge in [-0.1, -0.05) is 0 Å². The maximum atomic E-state index is 5.75. The van der Waals surface area contributed by atoms with Gasteiger partial charge >= 0.3 is 0 Å². The Kier molecular flexibility index (Phi) is 1.29. The van der Waals surface area contributed by atoms with Crippen molar-refractivity contribution in [3.63, 3.8) is 0 Å². The van der Waals surface area contributed by atoms with Crippen molar-refractivity contribution in [3.8, 4) is 0 Å². The molecule has 2 aromatic rings. The predicted octanol–water partition coefficient (Wildman–Crippen LogP) is 1.58. The number of rotatable bonds is 0. The van der Waals surface area contributed by atoms with Crippen molar-refractivity contribution in [1.82, 2.24) is 9.97 Å². The van der Waals surface area contributed by atoms with Gasteiger partial charge in [0.25, 0.3) is 0 Å². The van der Waals surface area contributed by atoms with Crippen LogP contribution >= 0.6 is 11.3 Å². The van der Waals surface area contributed by atoms with Gasteiger partial charge in [-0.05, 0) is 6.92 Å². The van der Waals surface area contributed by atoms with Gasteiger partial charge < -0.3 is 5.73 Å². The first-order chi connectivity index (χ1) is 5.29. The zero-order chi connectivity index (χ0) is 7.84. The third kappa shape index (κ3) is 0.867. The number of aromatic nitrogens is 2. The van der Waals surface area contributed by atoms with Gasteiger partial charge in [0.1, 0.15) is 10.3 Å². The normalized spacial score (nSPS) is 10.6. The first kappa shape index (κ1) is 6.54. The Morgan fingerprint density at radius 1 is 1.36 bits per heavy atom. The Morgan fingerprint density at radius 3 is 2.82 bits per heavy atom. The minimum Gasteiger partial charge on any atom is -0.396 e. The summed E-state index contributed by atoms with van der Waals surface area (Å²) in [5, 5.41) is 0. The molecule has 0 aliphatic carbocycles. The number of hydrogen-bond acceptors (Lipinski definition) is 4. The third-order valence-corrected chi connectivity index (χ3v) is 2.57. The topological polar surface area (TPSA) is 51.8 Å². The zero-order valence-corrected chi connectivity index (χ0v) is 6.85. The molecule has 0 unspecified atom stereocenters. The number of fused-ring (bicyclic) bond motifs is 1. The van der Waals surface area contributed by atoms with E-state index >= 15 is 0 Å². The van der Waals surface area contributed by atoms with Crippen LogP contribution in [-0.4, -0.2) is 9.97 Å². The second-order valence-electron chi connectivity index (χ2n) is 2.28. The first-order valence-electron chi connectivity index (χ1n) is 3.24. The van der Waals surface area contributed by atoms with E-state index in [1.807, 2.05) is 6.92 Å². The Labute approximate surface area is 67.9 Å². The van der Waals surface area contributed by atoms with Crippen molar-refractivity contribution in [3.05, 3.63) is 17.3 Å². The summed E-state index contributed by atoms with van der Waals surface area (Å²) in [5.74, 6) is 0. The molecular formula is C7H7N3S. The number of hydrogen-bond donors (Lipinski definition) is 1. The quantitative estimate of drug-likeness (QED) is 0.644. The predicted molar refractivity (Wildman–Crippen MR) is 46.6 cm³/mol. The van der Waals surface area contributed by atoms with Crippen LogP contribution in [-0.2, 0) is 0 Å². The van der Waals surface area contributed by atoms with Crippen LogP contribution in [0.3, 0.4) is 0 Å². The van der Waals surface area contributed by atoms with E-state index < -0.39 is 0 Å². The summed E-state index contributed by atoms with van der Waals surface area (Å²) in [6, 6.07) is 0. The lowest BCUT2D eigenvalue weighted by Crippen LogP contribution is -1.85. The fraction of sp³-hybridized carbons (Fsp3) is 0.143. The Bertz CT molecular complexity index is 393. The lowest BCUT2D eigenvalue weighted by molar-refractivity contribution is 1.32. The lowest BCUT2D eigenvalue weighted by Gasteiger charge is -1.87. The monoisotopic (exact) mass is 165 g/mol. The van der Waals surface area contributed by atoms with Crippen molar-refractivity contribution >= 4 is 27.4 Å². The van der Waals surface area contributed by atoms with Crippen LogP contribution < -0.4 is 5.73 Å². The van der Waals surface area contributed by atoms with Gasteiger partial charge in [0.05, 0.1) is 5.69 Å². The highest BCUT2D eigenvalue weighted by molar-refractivity contribution is 7.19. The molecule has 0 aliphatic rings. The molecule has 0 fully saturated rings. The SMILES string of the molecule is Cc1sc2nccnc2c1N. The molecule has 56 valence electrons. The molecule has 0 spiro atoms. The first-order valence-corrected chi connectivity index (χ1v) is 4.06. The van der Waals surface area contributed by atoms with Crippen LogP contribution in [0.15, 0.2) is 12.4 Å². The number of thiophene rings is 1. The van der Waals surface area contributed by atoms with Crippen LogP contribution in [0.2, 0.25) is 0 Å². The molecule has 0 atom stereocenters. The van der Waals surface area contributed by atoms with Gasteiger partial charge in [-0.2, -0.15) is 0 Å². The number of nitrogen functional groups attached to an aromatic ring is 1. The summed E-state index contributed by atoms with van der Waals surface area (Å²) in [6.45, 7) is 1.98. The summed E-state index contributed by atoms with van der Waals surface area (Å²) in [4.78, 5) is 10.3. The van der Waals surface area contributed by atoms with Crippen LogP contribution in [0.4, 0.5) is 5.69 Å². The van der Waals surface area contributed by atoms with E-state index in [1.165, 1.54) is 0 Å². The van der Waals surface area contributed by atoms with Crippen molar-refractivity contribution < 1.29 is 0 Å². The maximum absolute atomic E-state index is 5.75. The van der Waals surface area contributed by atoms with Crippen LogP contribution in [0.1, 0.15) is 4.88 Å². The molecule has 0 saturated carbocycles. The van der Waals surface area contributed by atoms with Gasteiger partial charge in [-0.3, -0.25) is 0 Å². The molecule has 3 nitrogen and oxygen atoms in total. The number of anilines is 1. The fourth-order valence-electron chi connectivity index (χ4n) is 0.951. The van der Waals surface area contributed by atoms with Crippen molar-refractivity contribution in [2.24, 2.45) is 0 Å². The average molecular weight is 165 g/mol. The van der Waals surface area contributed by atoms with Crippen molar-refractivity contribution in [2.75, 3.05) is 5.73 Å². The molecule has 2 aromatic heterocycles. The lowest BCUT2D eigenvalue weighted by atomic mass is 10.4. The molecule has 0 bridgehead atoms. The van der Waals surface area contributed by atoms with Gasteiger partial charge in [0.2, 0.25) is 0 Å². The van der Waals surface area contributed by atoms with E-state index in [2.05, 4.69) is 9.97 Å². The van der Waals surface area contributed by atoms with E-state index in [9.17, 15) is 0 Å². The summed E-state index contributed by atoms with van der Waals surface area (Å²) in [6.07, 6.45) is 3.34. The highest BCUT2D eigenvalue weighted by Crippen LogP contribution is 2.28. The highest BCUT2D eigenvalue weighted by Gasteiger charge is 2.05. The van der Waals surface area contributed by atoms with E-state index in [-0.39, 0.29) is 0 Å². The van der Waals surface area contributed by atoms with Gasteiger partial charge in [0, 0.05) is 17.3 Å². The van der Waals surface area contributed by atoms with E-state index in [4.69, 9.17) is 5.73 Å².